The van der Waals surface area contributed by atoms with Gasteiger partial charge < -0.3 is 19.7 Å². The van der Waals surface area contributed by atoms with Crippen LogP contribution in [-0.4, -0.2) is 58.5 Å². The Morgan fingerprint density at radius 3 is 1.50 bits per heavy atom. The van der Waals surface area contributed by atoms with Gasteiger partial charge in [-0.1, -0.05) is 12.1 Å². The summed E-state index contributed by atoms with van der Waals surface area (Å²) in [6.07, 6.45) is 4.97. The zero-order chi connectivity index (χ0) is 21.6. The van der Waals surface area contributed by atoms with Crippen molar-refractivity contribution in [3.05, 3.63) is 59.2 Å². The lowest BCUT2D eigenvalue weighted by molar-refractivity contribution is 0.0451. The Morgan fingerprint density at radius 1 is 0.667 bits per heavy atom. The summed E-state index contributed by atoms with van der Waals surface area (Å²) in [6, 6.07) is 10.1. The summed E-state index contributed by atoms with van der Waals surface area (Å²) in [7, 11) is 0. The van der Waals surface area contributed by atoms with E-state index in [9.17, 15) is 9.59 Å². The standard InChI is InChI=1S/C22H28N2O6/c25-21(26)19-11-5-9-17(23-19)7-1-3-13-29-15-16-30-14-4-2-8-18-10-6-12-20(24-18)22(27)28/h5-6,9-12H,1-4,7-8,13-16H2,(H,25,26)(H,27,28). The third kappa shape index (κ3) is 9.11. The molecule has 8 heteroatoms. The molecule has 0 aliphatic rings. The van der Waals surface area contributed by atoms with Gasteiger partial charge in [-0.3, -0.25) is 0 Å². The van der Waals surface area contributed by atoms with Crippen molar-refractivity contribution in [2.45, 2.75) is 38.5 Å². The summed E-state index contributed by atoms with van der Waals surface area (Å²) < 4.78 is 11.1. The van der Waals surface area contributed by atoms with E-state index in [1.165, 1.54) is 12.1 Å². The second kappa shape index (κ2) is 13.4. The summed E-state index contributed by atoms with van der Waals surface area (Å²) in [4.78, 5) is 30.0. The molecule has 2 aromatic heterocycles. The molecule has 2 aromatic rings. The van der Waals surface area contributed by atoms with Gasteiger partial charge in [0.2, 0.25) is 0 Å². The number of unbranched alkanes of at least 4 members (excludes halogenated alkanes) is 2. The number of ether oxygens (including phenoxy) is 2. The number of aromatic carboxylic acids is 2. The number of nitrogens with zero attached hydrogens (tertiary/aromatic N) is 2. The summed E-state index contributed by atoms with van der Waals surface area (Å²) in [5.74, 6) is -2.02. The molecule has 0 aliphatic carbocycles. The van der Waals surface area contributed by atoms with Crippen molar-refractivity contribution in [1.29, 1.82) is 0 Å². The molecule has 8 nitrogen and oxygen atoms in total. The largest absolute Gasteiger partial charge is 0.477 e. The molecule has 0 aromatic carbocycles. The van der Waals surface area contributed by atoms with Crippen LogP contribution in [0.1, 0.15) is 58.0 Å². The van der Waals surface area contributed by atoms with Crippen molar-refractivity contribution < 1.29 is 29.3 Å². The molecule has 30 heavy (non-hydrogen) atoms. The molecule has 0 unspecified atom stereocenters. The number of rotatable bonds is 15. The Kier molecular flexibility index (Phi) is 10.5. The van der Waals surface area contributed by atoms with Gasteiger partial charge in [-0.05, 0) is 62.8 Å². The molecule has 0 bridgehead atoms. The van der Waals surface area contributed by atoms with Crippen LogP contribution in [0.3, 0.4) is 0 Å². The minimum Gasteiger partial charge on any atom is -0.477 e. The zero-order valence-electron chi connectivity index (χ0n) is 17.0. The van der Waals surface area contributed by atoms with Gasteiger partial charge in [0.1, 0.15) is 11.4 Å². The van der Waals surface area contributed by atoms with Crippen molar-refractivity contribution >= 4 is 11.9 Å². The van der Waals surface area contributed by atoms with E-state index < -0.39 is 11.9 Å². The van der Waals surface area contributed by atoms with E-state index in [0.29, 0.717) is 26.4 Å². The lowest BCUT2D eigenvalue weighted by atomic mass is 10.2. The normalized spacial score (nSPS) is 10.8. The molecule has 2 rings (SSSR count). The van der Waals surface area contributed by atoms with Gasteiger partial charge in [-0.15, -0.1) is 0 Å². The van der Waals surface area contributed by atoms with Crippen molar-refractivity contribution in [3.63, 3.8) is 0 Å². The van der Waals surface area contributed by atoms with Gasteiger partial charge in [0.25, 0.3) is 0 Å². The predicted octanol–water partition coefficient (Wildman–Crippen LogP) is 3.25. The number of pyridine rings is 2. The van der Waals surface area contributed by atoms with Crippen LogP contribution in [0.2, 0.25) is 0 Å². The highest BCUT2D eigenvalue weighted by Crippen LogP contribution is 2.06. The average molecular weight is 416 g/mol. The van der Waals surface area contributed by atoms with Crippen molar-refractivity contribution in [3.8, 4) is 0 Å². The zero-order valence-corrected chi connectivity index (χ0v) is 17.0. The number of aryl methyl sites for hydroxylation is 2. The number of aromatic nitrogens is 2. The number of hydrogen-bond acceptors (Lipinski definition) is 6. The highest BCUT2D eigenvalue weighted by molar-refractivity contribution is 5.85. The van der Waals surface area contributed by atoms with E-state index in [0.717, 1.165) is 49.9 Å². The smallest absolute Gasteiger partial charge is 0.354 e. The van der Waals surface area contributed by atoms with Crippen molar-refractivity contribution in [2.24, 2.45) is 0 Å². The third-order valence-electron chi connectivity index (χ3n) is 4.37. The lowest BCUT2D eigenvalue weighted by Gasteiger charge is -2.06. The number of carbonyl (C=O) groups is 2. The van der Waals surface area contributed by atoms with Gasteiger partial charge in [-0.25, -0.2) is 19.6 Å². The summed E-state index contributed by atoms with van der Waals surface area (Å²) in [5, 5.41) is 17.9. The third-order valence-corrected chi connectivity index (χ3v) is 4.37. The maximum atomic E-state index is 10.9. The first-order chi connectivity index (χ1) is 14.6. The van der Waals surface area contributed by atoms with E-state index in [1.54, 1.807) is 12.1 Å². The lowest BCUT2D eigenvalue weighted by Crippen LogP contribution is -2.07. The van der Waals surface area contributed by atoms with Crippen molar-refractivity contribution in [1.82, 2.24) is 9.97 Å². The molecular formula is C22H28N2O6. The van der Waals surface area contributed by atoms with Crippen LogP contribution in [0, 0.1) is 0 Å². The minimum absolute atomic E-state index is 0.0749. The average Bonchev–Trinajstić information content (AvgIpc) is 2.75. The van der Waals surface area contributed by atoms with Gasteiger partial charge >= 0.3 is 11.9 Å². The van der Waals surface area contributed by atoms with E-state index in [2.05, 4.69) is 9.97 Å². The summed E-state index contributed by atoms with van der Waals surface area (Å²) in [6.45, 7) is 2.34. The molecule has 0 amide bonds. The number of hydrogen-bond donors (Lipinski definition) is 2. The van der Waals surface area contributed by atoms with Crippen LogP contribution in [0.15, 0.2) is 36.4 Å². The molecular weight excluding hydrogens is 388 g/mol. The summed E-state index contributed by atoms with van der Waals surface area (Å²) >= 11 is 0. The fraction of sp³-hybridized carbons (Fsp3) is 0.455. The summed E-state index contributed by atoms with van der Waals surface area (Å²) in [5.41, 5.74) is 1.71. The Hall–Kier alpha value is -2.84. The monoisotopic (exact) mass is 416 g/mol. The molecule has 0 saturated carbocycles. The minimum atomic E-state index is -1.01. The SMILES string of the molecule is O=C(O)c1cccc(CCCCOCCOCCCCc2cccc(C(=O)O)n2)n1. The maximum absolute atomic E-state index is 10.9. The van der Waals surface area contributed by atoms with Gasteiger partial charge in [0.15, 0.2) is 0 Å². The van der Waals surface area contributed by atoms with E-state index in [-0.39, 0.29) is 11.4 Å². The van der Waals surface area contributed by atoms with Crippen molar-refractivity contribution in [2.75, 3.05) is 26.4 Å². The first-order valence-corrected chi connectivity index (χ1v) is 10.1. The fourth-order valence-corrected chi connectivity index (χ4v) is 2.82. The Bertz CT molecular complexity index is 744. The topological polar surface area (TPSA) is 119 Å². The first-order valence-electron chi connectivity index (χ1n) is 10.1. The fourth-order valence-electron chi connectivity index (χ4n) is 2.82. The Morgan fingerprint density at radius 2 is 1.10 bits per heavy atom. The molecule has 2 N–H and O–H groups in total. The first kappa shape index (κ1) is 23.4. The van der Waals surface area contributed by atoms with Crippen LogP contribution in [0.5, 0.6) is 0 Å². The molecule has 2 heterocycles. The Balaban J connectivity index is 1.42. The molecule has 0 spiro atoms. The van der Waals surface area contributed by atoms with Crippen LogP contribution in [-0.2, 0) is 22.3 Å². The maximum Gasteiger partial charge on any atom is 0.354 e. The van der Waals surface area contributed by atoms with Crippen LogP contribution >= 0.6 is 0 Å². The van der Waals surface area contributed by atoms with Gasteiger partial charge in [0, 0.05) is 24.6 Å². The quantitative estimate of drug-likeness (QED) is 0.425. The van der Waals surface area contributed by atoms with E-state index in [1.807, 2.05) is 12.1 Å². The predicted molar refractivity (Wildman–Crippen MR) is 110 cm³/mol. The highest BCUT2D eigenvalue weighted by atomic mass is 16.5. The number of carboxylic acids is 2. The molecule has 0 radical (unpaired) electrons. The van der Waals surface area contributed by atoms with Gasteiger partial charge in [-0.2, -0.15) is 0 Å². The van der Waals surface area contributed by atoms with Crippen LogP contribution in [0.4, 0.5) is 0 Å². The van der Waals surface area contributed by atoms with E-state index in [4.69, 9.17) is 19.7 Å². The highest BCUT2D eigenvalue weighted by Gasteiger charge is 2.06. The molecule has 162 valence electrons. The van der Waals surface area contributed by atoms with Crippen LogP contribution in [0.25, 0.3) is 0 Å². The molecule has 0 atom stereocenters. The Labute approximate surface area is 175 Å². The molecule has 0 fully saturated rings. The second-order valence-electron chi connectivity index (χ2n) is 6.78. The second-order valence-corrected chi connectivity index (χ2v) is 6.78. The number of carboxylic acid groups (broad SMARTS) is 2. The van der Waals surface area contributed by atoms with Crippen LogP contribution < -0.4 is 0 Å². The molecule has 0 aliphatic heterocycles. The van der Waals surface area contributed by atoms with E-state index >= 15 is 0 Å². The molecule has 0 saturated heterocycles. The van der Waals surface area contributed by atoms with Gasteiger partial charge in [0.05, 0.1) is 13.2 Å².